The van der Waals surface area contributed by atoms with E-state index in [-0.39, 0.29) is 24.5 Å². The van der Waals surface area contributed by atoms with Crippen LogP contribution in [-0.2, 0) is 16.1 Å². The van der Waals surface area contributed by atoms with Crippen LogP contribution in [0.1, 0.15) is 51.0 Å². The molecular weight excluding hydrogens is 294 g/mol. The highest BCUT2D eigenvalue weighted by Gasteiger charge is 2.15. The standard InChI is InChI=1S/C17H25N3O3/c1-2-15(21)20-12-16(22)19-11-13-8-9-18-17(10-13)23-14-6-4-3-5-7-14/h8-10,14H,2-7,11-12H2,1H3,(H,19,22)(H,20,21). The lowest BCUT2D eigenvalue weighted by molar-refractivity contribution is -0.126. The average molecular weight is 319 g/mol. The minimum Gasteiger partial charge on any atom is -0.474 e. The molecule has 2 rings (SSSR count). The molecule has 0 radical (unpaired) electrons. The van der Waals surface area contributed by atoms with Crippen molar-refractivity contribution in [3.63, 3.8) is 0 Å². The van der Waals surface area contributed by atoms with Gasteiger partial charge in [-0.2, -0.15) is 0 Å². The highest BCUT2D eigenvalue weighted by Crippen LogP contribution is 2.22. The molecule has 0 spiro atoms. The Bertz CT molecular complexity index is 528. The van der Waals surface area contributed by atoms with E-state index in [0.29, 0.717) is 18.8 Å². The lowest BCUT2D eigenvalue weighted by Gasteiger charge is -2.22. The molecule has 2 N–H and O–H groups in total. The van der Waals surface area contributed by atoms with Gasteiger partial charge in [-0.15, -0.1) is 0 Å². The van der Waals surface area contributed by atoms with Gasteiger partial charge in [-0.1, -0.05) is 13.3 Å². The molecule has 1 saturated carbocycles. The first kappa shape index (κ1) is 17.2. The van der Waals surface area contributed by atoms with Crippen molar-refractivity contribution in [2.45, 2.75) is 58.1 Å². The van der Waals surface area contributed by atoms with Crippen molar-refractivity contribution in [2.24, 2.45) is 0 Å². The van der Waals surface area contributed by atoms with E-state index in [1.54, 1.807) is 13.1 Å². The van der Waals surface area contributed by atoms with E-state index in [1.165, 1.54) is 19.3 Å². The highest BCUT2D eigenvalue weighted by atomic mass is 16.5. The zero-order chi connectivity index (χ0) is 16.5. The van der Waals surface area contributed by atoms with Crippen LogP contribution in [0.2, 0.25) is 0 Å². The fourth-order valence-corrected chi connectivity index (χ4v) is 2.55. The Morgan fingerprint density at radius 2 is 2.00 bits per heavy atom. The molecule has 1 aromatic rings. The molecule has 1 aliphatic carbocycles. The number of pyridine rings is 1. The van der Waals surface area contributed by atoms with Gasteiger partial charge in [0.1, 0.15) is 6.10 Å². The van der Waals surface area contributed by atoms with Crippen molar-refractivity contribution in [1.82, 2.24) is 15.6 Å². The number of amides is 2. The Kier molecular flexibility index (Phi) is 6.84. The number of hydrogen-bond acceptors (Lipinski definition) is 4. The van der Waals surface area contributed by atoms with Crippen molar-refractivity contribution in [2.75, 3.05) is 6.54 Å². The second-order valence-electron chi connectivity index (χ2n) is 5.79. The van der Waals surface area contributed by atoms with Crippen molar-refractivity contribution in [3.8, 4) is 5.88 Å². The summed E-state index contributed by atoms with van der Waals surface area (Å²) in [6.07, 6.45) is 8.20. The molecule has 6 nitrogen and oxygen atoms in total. The van der Waals surface area contributed by atoms with Gasteiger partial charge >= 0.3 is 0 Å². The van der Waals surface area contributed by atoms with Crippen molar-refractivity contribution in [3.05, 3.63) is 23.9 Å². The molecule has 1 aliphatic rings. The van der Waals surface area contributed by atoms with Crippen LogP contribution in [0.4, 0.5) is 0 Å². The summed E-state index contributed by atoms with van der Waals surface area (Å²) in [5.74, 6) is 0.272. The minimum absolute atomic E-state index is 0.00316. The van der Waals surface area contributed by atoms with Gasteiger partial charge < -0.3 is 15.4 Å². The molecule has 126 valence electrons. The van der Waals surface area contributed by atoms with Gasteiger partial charge in [-0.3, -0.25) is 9.59 Å². The van der Waals surface area contributed by atoms with E-state index in [0.717, 1.165) is 18.4 Å². The zero-order valence-corrected chi connectivity index (χ0v) is 13.6. The minimum atomic E-state index is -0.210. The van der Waals surface area contributed by atoms with Crippen molar-refractivity contribution >= 4 is 11.8 Å². The predicted molar refractivity (Wildman–Crippen MR) is 86.9 cm³/mol. The fourth-order valence-electron chi connectivity index (χ4n) is 2.55. The predicted octanol–water partition coefficient (Wildman–Crippen LogP) is 1.94. The monoisotopic (exact) mass is 319 g/mol. The van der Waals surface area contributed by atoms with E-state index in [1.807, 2.05) is 12.1 Å². The molecule has 0 unspecified atom stereocenters. The first-order valence-electron chi connectivity index (χ1n) is 8.32. The molecule has 23 heavy (non-hydrogen) atoms. The molecule has 1 heterocycles. The van der Waals surface area contributed by atoms with Crippen LogP contribution in [-0.4, -0.2) is 29.4 Å². The maximum Gasteiger partial charge on any atom is 0.239 e. The molecular formula is C17H25N3O3. The van der Waals surface area contributed by atoms with Crippen LogP contribution < -0.4 is 15.4 Å². The first-order chi connectivity index (χ1) is 11.2. The molecule has 0 bridgehead atoms. The summed E-state index contributed by atoms with van der Waals surface area (Å²) >= 11 is 0. The van der Waals surface area contributed by atoms with Gasteiger partial charge in [-0.25, -0.2) is 4.98 Å². The van der Waals surface area contributed by atoms with Gasteiger partial charge in [0.2, 0.25) is 17.7 Å². The quantitative estimate of drug-likeness (QED) is 0.805. The van der Waals surface area contributed by atoms with Gasteiger partial charge in [0.15, 0.2) is 0 Å². The van der Waals surface area contributed by atoms with E-state index < -0.39 is 0 Å². The fraction of sp³-hybridized carbons (Fsp3) is 0.588. The number of nitrogens with one attached hydrogen (secondary N) is 2. The number of carbonyl (C=O) groups excluding carboxylic acids is 2. The zero-order valence-electron chi connectivity index (χ0n) is 13.6. The molecule has 1 aromatic heterocycles. The van der Waals surface area contributed by atoms with E-state index in [2.05, 4.69) is 15.6 Å². The number of carbonyl (C=O) groups is 2. The number of rotatable bonds is 7. The number of aromatic nitrogens is 1. The van der Waals surface area contributed by atoms with Gasteiger partial charge in [-0.05, 0) is 37.3 Å². The van der Waals surface area contributed by atoms with Crippen molar-refractivity contribution in [1.29, 1.82) is 0 Å². The normalized spacial score (nSPS) is 15.0. The van der Waals surface area contributed by atoms with Gasteiger partial charge in [0.05, 0.1) is 6.54 Å². The van der Waals surface area contributed by atoms with Crippen LogP contribution in [0, 0.1) is 0 Å². The smallest absolute Gasteiger partial charge is 0.239 e. The Hall–Kier alpha value is -2.11. The number of ether oxygens (including phenoxy) is 1. The van der Waals surface area contributed by atoms with Crippen LogP contribution in [0.25, 0.3) is 0 Å². The summed E-state index contributed by atoms with van der Waals surface area (Å²) in [7, 11) is 0. The van der Waals surface area contributed by atoms with E-state index in [9.17, 15) is 9.59 Å². The average Bonchev–Trinajstić information content (AvgIpc) is 2.59. The topological polar surface area (TPSA) is 80.3 Å². The SMILES string of the molecule is CCC(=O)NCC(=O)NCc1ccnc(OC2CCCCC2)c1. The van der Waals surface area contributed by atoms with E-state index in [4.69, 9.17) is 4.74 Å². The second-order valence-corrected chi connectivity index (χ2v) is 5.79. The largest absolute Gasteiger partial charge is 0.474 e. The van der Waals surface area contributed by atoms with E-state index >= 15 is 0 Å². The van der Waals surface area contributed by atoms with Crippen LogP contribution >= 0.6 is 0 Å². The Labute approximate surface area is 137 Å². The molecule has 0 atom stereocenters. The summed E-state index contributed by atoms with van der Waals surface area (Å²) in [5.41, 5.74) is 0.931. The van der Waals surface area contributed by atoms with Crippen LogP contribution in [0.5, 0.6) is 5.88 Å². The number of hydrogen-bond donors (Lipinski definition) is 2. The number of nitrogens with zero attached hydrogens (tertiary/aromatic N) is 1. The summed E-state index contributed by atoms with van der Waals surface area (Å²) in [4.78, 5) is 27.0. The molecule has 2 amide bonds. The van der Waals surface area contributed by atoms with Crippen LogP contribution in [0.15, 0.2) is 18.3 Å². The summed E-state index contributed by atoms with van der Waals surface area (Å²) in [5, 5.41) is 5.32. The lowest BCUT2D eigenvalue weighted by atomic mass is 9.98. The first-order valence-corrected chi connectivity index (χ1v) is 8.32. The maximum absolute atomic E-state index is 11.7. The van der Waals surface area contributed by atoms with Gasteiger partial charge in [0, 0.05) is 25.2 Å². The third-order valence-electron chi connectivity index (χ3n) is 3.90. The van der Waals surface area contributed by atoms with Gasteiger partial charge in [0.25, 0.3) is 0 Å². The van der Waals surface area contributed by atoms with Crippen molar-refractivity contribution < 1.29 is 14.3 Å². The second kappa shape index (κ2) is 9.12. The molecule has 1 fully saturated rings. The van der Waals surface area contributed by atoms with Crippen LogP contribution in [0.3, 0.4) is 0 Å². The Morgan fingerprint density at radius 3 is 2.74 bits per heavy atom. The maximum atomic E-state index is 11.7. The summed E-state index contributed by atoms with van der Waals surface area (Å²) < 4.78 is 5.92. The Morgan fingerprint density at radius 1 is 1.22 bits per heavy atom. The Balaban J connectivity index is 1.77. The molecule has 6 heteroatoms. The molecule has 0 aromatic carbocycles. The molecule has 0 aliphatic heterocycles. The third kappa shape index (κ3) is 6.26. The summed E-state index contributed by atoms with van der Waals surface area (Å²) in [6.45, 7) is 2.14. The highest BCUT2D eigenvalue weighted by molar-refractivity contribution is 5.84. The molecule has 0 saturated heterocycles. The lowest BCUT2D eigenvalue weighted by Crippen LogP contribution is -2.36. The summed E-state index contributed by atoms with van der Waals surface area (Å²) in [6, 6.07) is 3.71. The third-order valence-corrected chi connectivity index (χ3v) is 3.90.